The predicted octanol–water partition coefficient (Wildman–Crippen LogP) is 4.56. The Hall–Kier alpha value is -1.37. The van der Waals surface area contributed by atoms with Crippen LogP contribution in [-0.4, -0.2) is 48.1 Å². The summed E-state index contributed by atoms with van der Waals surface area (Å²) in [6.45, 7) is 5.14. The van der Waals surface area contributed by atoms with Crippen LogP contribution in [0.3, 0.4) is 0 Å². The van der Waals surface area contributed by atoms with Gasteiger partial charge in [-0.15, -0.1) is 23.1 Å². The van der Waals surface area contributed by atoms with E-state index in [1.54, 1.807) is 11.8 Å². The average molecular weight is 402 g/mol. The summed E-state index contributed by atoms with van der Waals surface area (Å²) in [5.74, 6) is 0.416. The van der Waals surface area contributed by atoms with Crippen molar-refractivity contribution >= 4 is 34.0 Å². The van der Waals surface area contributed by atoms with E-state index >= 15 is 0 Å². The number of nitrogens with zero attached hydrogens (tertiary/aromatic N) is 3. The summed E-state index contributed by atoms with van der Waals surface area (Å²) in [6, 6.07) is 8.07. The van der Waals surface area contributed by atoms with Crippen LogP contribution in [-0.2, 0) is 6.54 Å². The Morgan fingerprint density at radius 3 is 2.70 bits per heavy atom. The molecule has 6 heteroatoms. The monoisotopic (exact) mass is 401 g/mol. The molecule has 4 rings (SSSR count). The molecule has 3 heterocycles. The molecule has 0 bridgehead atoms. The number of anilines is 1. The molecule has 1 atom stereocenters. The minimum Gasteiger partial charge on any atom is -0.348 e. The molecule has 1 aromatic carbocycles. The first-order valence-electron chi connectivity index (χ1n) is 9.83. The Bertz CT molecular complexity index is 768. The fourth-order valence-electron chi connectivity index (χ4n) is 4.05. The van der Waals surface area contributed by atoms with Crippen molar-refractivity contribution in [2.75, 3.05) is 37.3 Å². The summed E-state index contributed by atoms with van der Waals surface area (Å²) in [6.07, 6.45) is 8.75. The van der Waals surface area contributed by atoms with Crippen molar-refractivity contribution in [3.63, 3.8) is 0 Å². The maximum absolute atomic E-state index is 12.9. The maximum Gasteiger partial charge on any atom is 0.185 e. The Morgan fingerprint density at radius 1 is 1.19 bits per heavy atom. The van der Waals surface area contributed by atoms with Crippen LogP contribution in [0.15, 0.2) is 35.4 Å². The highest BCUT2D eigenvalue weighted by Crippen LogP contribution is 2.29. The van der Waals surface area contributed by atoms with Crippen LogP contribution >= 0.6 is 23.1 Å². The normalized spacial score (nSPS) is 20.9. The van der Waals surface area contributed by atoms with E-state index in [9.17, 15) is 4.79 Å². The van der Waals surface area contributed by atoms with E-state index in [-0.39, 0.29) is 5.92 Å². The highest BCUT2D eigenvalue weighted by atomic mass is 32.2. The van der Waals surface area contributed by atoms with Crippen LogP contribution < -0.4 is 4.90 Å². The fraction of sp³-hybridized carbons (Fsp3) is 0.524. The third-order valence-electron chi connectivity index (χ3n) is 5.55. The Morgan fingerprint density at radius 2 is 1.96 bits per heavy atom. The van der Waals surface area contributed by atoms with Crippen molar-refractivity contribution in [3.05, 3.63) is 40.9 Å². The molecule has 2 fully saturated rings. The lowest BCUT2D eigenvalue weighted by Crippen LogP contribution is -2.38. The van der Waals surface area contributed by atoms with Gasteiger partial charge in [0.1, 0.15) is 0 Å². The molecule has 4 nitrogen and oxygen atoms in total. The van der Waals surface area contributed by atoms with E-state index in [0.29, 0.717) is 5.78 Å². The zero-order chi connectivity index (χ0) is 18.6. The molecule has 1 unspecified atom stereocenters. The number of carbonyl (C=O) groups excluding carboxylic acids is 1. The SMILES string of the molecule is CSc1ccc(C(=O)C2CCCN(Cc3cnc(N4CCCC4)s3)C2)cc1. The van der Waals surface area contributed by atoms with Gasteiger partial charge in [-0.2, -0.15) is 0 Å². The number of aromatic nitrogens is 1. The zero-order valence-electron chi connectivity index (χ0n) is 15.9. The van der Waals surface area contributed by atoms with Gasteiger partial charge in [0.05, 0.1) is 0 Å². The third kappa shape index (κ3) is 4.55. The standard InChI is InChI=1S/C21H27N3OS2/c1-26-18-8-6-16(7-9-18)20(25)17-5-4-10-23(14-17)15-19-13-22-21(27-19)24-11-2-3-12-24/h6-9,13,17H,2-5,10-12,14-15H2,1H3. The van der Waals surface area contributed by atoms with E-state index < -0.39 is 0 Å². The second-order valence-electron chi connectivity index (χ2n) is 7.47. The minimum atomic E-state index is 0.116. The zero-order valence-corrected chi connectivity index (χ0v) is 17.5. The molecule has 0 radical (unpaired) electrons. The first-order valence-corrected chi connectivity index (χ1v) is 11.9. The summed E-state index contributed by atoms with van der Waals surface area (Å²) >= 11 is 3.53. The number of thioether (sulfide) groups is 1. The molecular weight excluding hydrogens is 374 g/mol. The van der Waals surface area contributed by atoms with Crippen LogP contribution in [0.5, 0.6) is 0 Å². The number of hydrogen-bond acceptors (Lipinski definition) is 6. The van der Waals surface area contributed by atoms with Gasteiger partial charge in [0.25, 0.3) is 0 Å². The minimum absolute atomic E-state index is 0.116. The smallest absolute Gasteiger partial charge is 0.185 e. The van der Waals surface area contributed by atoms with Gasteiger partial charge in [0.15, 0.2) is 10.9 Å². The lowest BCUT2D eigenvalue weighted by molar-refractivity contribution is 0.0812. The number of Topliss-reactive ketones (excluding diaryl/α,β-unsaturated/α-hetero) is 1. The number of carbonyl (C=O) groups is 1. The molecule has 0 amide bonds. The maximum atomic E-state index is 12.9. The van der Waals surface area contributed by atoms with Crippen molar-refractivity contribution < 1.29 is 4.79 Å². The Kier molecular flexibility index (Phi) is 6.15. The molecule has 144 valence electrons. The summed E-state index contributed by atoms with van der Waals surface area (Å²) in [4.78, 5) is 24.9. The molecule has 2 aliphatic rings. The van der Waals surface area contributed by atoms with Crippen LogP contribution in [0, 0.1) is 5.92 Å². The van der Waals surface area contributed by atoms with E-state index in [0.717, 1.165) is 51.1 Å². The number of hydrogen-bond donors (Lipinski definition) is 0. The van der Waals surface area contributed by atoms with Crippen molar-refractivity contribution in [2.45, 2.75) is 37.1 Å². The van der Waals surface area contributed by atoms with E-state index in [2.05, 4.69) is 33.2 Å². The van der Waals surface area contributed by atoms with Crippen LogP contribution in [0.2, 0.25) is 0 Å². The quantitative estimate of drug-likeness (QED) is 0.524. The first-order chi connectivity index (χ1) is 13.2. The number of benzene rings is 1. The summed E-state index contributed by atoms with van der Waals surface area (Å²) in [5.41, 5.74) is 0.855. The number of thiazole rings is 1. The van der Waals surface area contributed by atoms with Gasteiger partial charge in [-0.05, 0) is 50.6 Å². The summed E-state index contributed by atoms with van der Waals surface area (Å²) < 4.78 is 0. The molecule has 2 aromatic rings. The van der Waals surface area contributed by atoms with Gasteiger partial charge in [-0.3, -0.25) is 9.69 Å². The van der Waals surface area contributed by atoms with Crippen LogP contribution in [0.25, 0.3) is 0 Å². The largest absolute Gasteiger partial charge is 0.348 e. The van der Waals surface area contributed by atoms with Gasteiger partial charge in [0.2, 0.25) is 0 Å². The van der Waals surface area contributed by atoms with Gasteiger partial charge >= 0.3 is 0 Å². The molecule has 1 aromatic heterocycles. The number of likely N-dealkylation sites (tertiary alicyclic amines) is 1. The molecule has 2 aliphatic heterocycles. The molecule has 2 saturated heterocycles. The fourth-order valence-corrected chi connectivity index (χ4v) is 5.46. The lowest BCUT2D eigenvalue weighted by Gasteiger charge is -2.31. The van der Waals surface area contributed by atoms with E-state index in [4.69, 9.17) is 0 Å². The van der Waals surface area contributed by atoms with Gasteiger partial charge < -0.3 is 4.90 Å². The predicted molar refractivity (Wildman–Crippen MR) is 114 cm³/mol. The first kappa shape index (κ1) is 19.0. The second-order valence-corrected chi connectivity index (χ2v) is 9.44. The average Bonchev–Trinajstić information content (AvgIpc) is 3.39. The Balaban J connectivity index is 1.36. The highest BCUT2D eigenvalue weighted by Gasteiger charge is 2.27. The highest BCUT2D eigenvalue weighted by molar-refractivity contribution is 7.98. The number of ketones is 1. The third-order valence-corrected chi connectivity index (χ3v) is 7.33. The summed E-state index contributed by atoms with van der Waals surface area (Å²) in [5, 5.41) is 1.17. The molecule has 27 heavy (non-hydrogen) atoms. The number of rotatable bonds is 6. The van der Waals surface area contributed by atoms with E-state index in [1.165, 1.54) is 27.7 Å². The van der Waals surface area contributed by atoms with Crippen LogP contribution in [0.1, 0.15) is 40.9 Å². The number of piperidine rings is 1. The van der Waals surface area contributed by atoms with Crippen molar-refractivity contribution in [2.24, 2.45) is 5.92 Å². The lowest BCUT2D eigenvalue weighted by atomic mass is 9.90. The van der Waals surface area contributed by atoms with Gasteiger partial charge in [-0.1, -0.05) is 12.1 Å². The topological polar surface area (TPSA) is 36.4 Å². The van der Waals surface area contributed by atoms with Crippen molar-refractivity contribution in [1.29, 1.82) is 0 Å². The van der Waals surface area contributed by atoms with Crippen molar-refractivity contribution in [3.8, 4) is 0 Å². The van der Waals surface area contributed by atoms with Crippen LogP contribution in [0.4, 0.5) is 5.13 Å². The molecular formula is C21H27N3OS2. The van der Waals surface area contributed by atoms with E-state index in [1.807, 2.05) is 29.7 Å². The Labute approximate surface area is 170 Å². The van der Waals surface area contributed by atoms with Gasteiger partial charge in [0, 0.05) is 53.6 Å². The molecule has 0 aliphatic carbocycles. The van der Waals surface area contributed by atoms with Crippen molar-refractivity contribution in [1.82, 2.24) is 9.88 Å². The van der Waals surface area contributed by atoms with Gasteiger partial charge in [-0.25, -0.2) is 4.98 Å². The molecule has 0 spiro atoms. The second kappa shape index (κ2) is 8.76. The summed E-state index contributed by atoms with van der Waals surface area (Å²) in [7, 11) is 0. The molecule has 0 N–H and O–H groups in total. The molecule has 0 saturated carbocycles.